The average molecular weight is 449 g/mol. The van der Waals surface area contributed by atoms with E-state index in [1.54, 1.807) is 37.3 Å². The molecule has 0 amide bonds. The van der Waals surface area contributed by atoms with Crippen molar-refractivity contribution in [3.8, 4) is 22.8 Å². The Morgan fingerprint density at radius 1 is 0.903 bits per heavy atom. The number of thioether (sulfide) groups is 1. The molecule has 1 aromatic heterocycles. The number of methoxy groups -OCH3 is 2. The number of aromatic nitrogens is 1. The van der Waals surface area contributed by atoms with Gasteiger partial charge in [-0.3, -0.25) is 0 Å². The van der Waals surface area contributed by atoms with Gasteiger partial charge in [0.25, 0.3) is 0 Å². The molecule has 4 nitrogen and oxygen atoms in total. The van der Waals surface area contributed by atoms with E-state index in [9.17, 15) is 0 Å². The third kappa shape index (κ3) is 4.86. The zero-order valence-corrected chi connectivity index (χ0v) is 19.4. The molecule has 158 valence electrons. The molecule has 0 spiro atoms. The van der Waals surface area contributed by atoms with Crippen molar-refractivity contribution in [3.05, 3.63) is 88.5 Å². The van der Waals surface area contributed by atoms with Crippen molar-refractivity contribution >= 4 is 28.8 Å². The van der Waals surface area contributed by atoms with Crippen LogP contribution < -0.4 is 14.3 Å². The fourth-order valence-electron chi connectivity index (χ4n) is 3.34. The van der Waals surface area contributed by atoms with Gasteiger partial charge < -0.3 is 14.0 Å². The highest BCUT2D eigenvalue weighted by molar-refractivity contribution is 7.98. The molecule has 31 heavy (non-hydrogen) atoms. The van der Waals surface area contributed by atoms with Crippen LogP contribution in [0.3, 0.4) is 0 Å². The van der Waals surface area contributed by atoms with Gasteiger partial charge in [-0.05, 0) is 65.9 Å². The van der Waals surface area contributed by atoms with E-state index in [2.05, 4.69) is 52.6 Å². The number of thiazole rings is 1. The Hall–Kier alpha value is -2.96. The van der Waals surface area contributed by atoms with E-state index < -0.39 is 0 Å². The molecule has 0 aliphatic rings. The Kier molecular flexibility index (Phi) is 6.79. The van der Waals surface area contributed by atoms with E-state index >= 15 is 0 Å². The molecule has 0 saturated heterocycles. The highest BCUT2D eigenvalue weighted by atomic mass is 32.2. The summed E-state index contributed by atoms with van der Waals surface area (Å²) in [5.74, 6) is 1.70. The molecule has 0 aliphatic carbocycles. The molecule has 0 saturated carbocycles. The maximum absolute atomic E-state index is 5.42. The largest absolute Gasteiger partial charge is 0.497 e. The van der Waals surface area contributed by atoms with Gasteiger partial charge in [0.15, 0.2) is 4.80 Å². The molecule has 3 aromatic carbocycles. The van der Waals surface area contributed by atoms with Gasteiger partial charge in [0.05, 0.1) is 32.1 Å². The number of para-hydroxylation sites is 1. The lowest BCUT2D eigenvalue weighted by Gasteiger charge is -2.11. The Morgan fingerprint density at radius 2 is 1.68 bits per heavy atom. The Balaban J connectivity index is 1.84. The van der Waals surface area contributed by atoms with Crippen LogP contribution in [-0.4, -0.2) is 25.0 Å². The summed E-state index contributed by atoms with van der Waals surface area (Å²) >= 11 is 3.36. The van der Waals surface area contributed by atoms with Gasteiger partial charge >= 0.3 is 0 Å². The summed E-state index contributed by atoms with van der Waals surface area (Å²) in [6.07, 6.45) is 2.08. The minimum atomic E-state index is 0.697. The second kappa shape index (κ2) is 9.90. The van der Waals surface area contributed by atoms with Gasteiger partial charge in [0.2, 0.25) is 0 Å². The van der Waals surface area contributed by atoms with E-state index in [-0.39, 0.29) is 0 Å². The summed E-state index contributed by atoms with van der Waals surface area (Å²) in [7, 11) is 3.38. The third-order valence-electron chi connectivity index (χ3n) is 4.96. The van der Waals surface area contributed by atoms with Crippen LogP contribution >= 0.6 is 23.1 Å². The molecule has 4 aromatic rings. The zero-order chi connectivity index (χ0) is 21.6. The van der Waals surface area contributed by atoms with E-state index in [0.29, 0.717) is 6.54 Å². The van der Waals surface area contributed by atoms with Crippen LogP contribution in [0.4, 0.5) is 5.69 Å². The lowest BCUT2D eigenvalue weighted by molar-refractivity contribution is 0.414. The smallest absolute Gasteiger partial charge is 0.190 e. The summed E-state index contributed by atoms with van der Waals surface area (Å²) in [5, 5.41) is 2.17. The second-order valence-corrected chi connectivity index (χ2v) is 8.54. The van der Waals surface area contributed by atoms with Crippen molar-refractivity contribution in [3.63, 3.8) is 0 Å². The molecule has 0 unspecified atom stereocenters. The fourth-order valence-corrected chi connectivity index (χ4v) is 4.80. The van der Waals surface area contributed by atoms with Crippen LogP contribution in [0.1, 0.15) is 5.56 Å². The SMILES string of the molecule is COc1ccc(-c2csc(=Nc3ccccc3SC)n2Cc2cccc(OC)c2)cc1. The molecular weight excluding hydrogens is 424 g/mol. The van der Waals surface area contributed by atoms with Crippen molar-refractivity contribution < 1.29 is 9.47 Å². The molecule has 0 radical (unpaired) electrons. The Labute approximate surface area is 190 Å². The minimum absolute atomic E-state index is 0.697. The topological polar surface area (TPSA) is 35.8 Å². The predicted octanol–water partition coefficient (Wildman–Crippen LogP) is 6.24. The number of ether oxygens (including phenoxy) is 2. The molecule has 0 aliphatic heterocycles. The molecule has 0 bridgehead atoms. The molecular formula is C25H24N2O2S2. The first-order valence-corrected chi connectivity index (χ1v) is 12.0. The highest BCUT2D eigenvalue weighted by Crippen LogP contribution is 2.28. The first-order chi connectivity index (χ1) is 15.2. The van der Waals surface area contributed by atoms with Gasteiger partial charge in [0, 0.05) is 10.3 Å². The number of nitrogens with zero attached hydrogens (tertiary/aromatic N) is 2. The van der Waals surface area contributed by atoms with E-state index in [4.69, 9.17) is 14.5 Å². The van der Waals surface area contributed by atoms with E-state index in [0.717, 1.165) is 43.7 Å². The van der Waals surface area contributed by atoms with Crippen LogP contribution in [0, 0.1) is 0 Å². The third-order valence-corrected chi connectivity index (χ3v) is 6.61. The first kappa shape index (κ1) is 21.3. The minimum Gasteiger partial charge on any atom is -0.497 e. The highest BCUT2D eigenvalue weighted by Gasteiger charge is 2.11. The Bertz CT molecular complexity index is 1230. The monoisotopic (exact) mass is 448 g/mol. The number of hydrogen-bond acceptors (Lipinski definition) is 5. The van der Waals surface area contributed by atoms with E-state index in [1.807, 2.05) is 36.4 Å². The quantitative estimate of drug-likeness (QED) is 0.314. The van der Waals surface area contributed by atoms with Gasteiger partial charge in [0.1, 0.15) is 11.5 Å². The zero-order valence-electron chi connectivity index (χ0n) is 17.7. The van der Waals surface area contributed by atoms with Crippen LogP contribution in [0.25, 0.3) is 11.3 Å². The summed E-state index contributed by atoms with van der Waals surface area (Å²) in [6, 6.07) is 24.6. The average Bonchev–Trinajstić information content (AvgIpc) is 3.21. The lowest BCUT2D eigenvalue weighted by atomic mass is 10.1. The standard InChI is InChI=1S/C25H24N2O2S2/c1-28-20-13-11-19(12-14-20)23-17-31-25(26-22-9-4-5-10-24(22)30-3)27(23)16-18-7-6-8-21(15-18)29-2/h4-15,17H,16H2,1-3H3. The molecule has 6 heteroatoms. The van der Waals surface area contributed by atoms with Gasteiger partial charge in [-0.2, -0.15) is 0 Å². The second-order valence-electron chi connectivity index (χ2n) is 6.85. The van der Waals surface area contributed by atoms with Crippen LogP contribution in [0.2, 0.25) is 0 Å². The number of benzene rings is 3. The predicted molar refractivity (Wildman–Crippen MR) is 130 cm³/mol. The van der Waals surface area contributed by atoms with Gasteiger partial charge in [-0.15, -0.1) is 23.1 Å². The van der Waals surface area contributed by atoms with Crippen molar-refractivity contribution in [2.45, 2.75) is 11.4 Å². The van der Waals surface area contributed by atoms with Crippen molar-refractivity contribution in [1.82, 2.24) is 4.57 Å². The van der Waals surface area contributed by atoms with Crippen LogP contribution in [-0.2, 0) is 6.54 Å². The van der Waals surface area contributed by atoms with Crippen LogP contribution in [0.15, 0.2) is 88.1 Å². The Morgan fingerprint density at radius 3 is 2.42 bits per heavy atom. The van der Waals surface area contributed by atoms with Crippen molar-refractivity contribution in [2.24, 2.45) is 4.99 Å². The maximum atomic E-state index is 5.42. The fraction of sp³-hybridized carbons (Fsp3) is 0.160. The van der Waals surface area contributed by atoms with Crippen molar-refractivity contribution in [1.29, 1.82) is 0 Å². The maximum Gasteiger partial charge on any atom is 0.190 e. The molecule has 0 N–H and O–H groups in total. The van der Waals surface area contributed by atoms with Crippen LogP contribution in [0.5, 0.6) is 11.5 Å². The lowest BCUT2D eigenvalue weighted by Crippen LogP contribution is -2.16. The summed E-state index contributed by atoms with van der Waals surface area (Å²) in [6.45, 7) is 0.697. The molecule has 0 fully saturated rings. The first-order valence-electron chi connectivity index (χ1n) is 9.85. The summed E-state index contributed by atoms with van der Waals surface area (Å²) in [4.78, 5) is 7.15. The van der Waals surface area contributed by atoms with Crippen molar-refractivity contribution in [2.75, 3.05) is 20.5 Å². The molecule has 1 heterocycles. The van der Waals surface area contributed by atoms with Gasteiger partial charge in [-0.25, -0.2) is 4.99 Å². The summed E-state index contributed by atoms with van der Waals surface area (Å²) < 4.78 is 13.0. The number of rotatable bonds is 7. The number of hydrogen-bond donors (Lipinski definition) is 0. The normalized spacial score (nSPS) is 11.5. The summed E-state index contributed by atoms with van der Waals surface area (Å²) in [5.41, 5.74) is 4.39. The molecule has 4 rings (SSSR count). The molecule has 0 atom stereocenters. The van der Waals surface area contributed by atoms with E-state index in [1.165, 1.54) is 0 Å². The van der Waals surface area contributed by atoms with Gasteiger partial charge in [-0.1, -0.05) is 24.3 Å².